The maximum atomic E-state index is 12.4. The Hall–Kier alpha value is -2.03. The number of phenolic OH excluding ortho intramolecular Hbond substituents is 1. The standard InChI is InChI=1S/C16H21N5O2S/c1-4-14-20-21-16(24-14)17-15(23)12-7-11(18-19-12)10-5-8(2)9(3)6-13(10)22/h5-6,11-12,18-19,22H,4,7H2,1-3H3,(H,17,21,23). The molecule has 1 amide bonds. The number of rotatable bonds is 4. The number of aromatic nitrogens is 2. The van der Waals surface area contributed by atoms with Gasteiger partial charge < -0.3 is 5.11 Å². The van der Waals surface area contributed by atoms with Gasteiger partial charge in [-0.25, -0.2) is 10.9 Å². The summed E-state index contributed by atoms with van der Waals surface area (Å²) in [5.41, 5.74) is 9.03. The van der Waals surface area contributed by atoms with Crippen molar-refractivity contribution in [1.82, 2.24) is 21.0 Å². The molecule has 128 valence electrons. The second-order valence-corrected chi connectivity index (χ2v) is 7.03. The van der Waals surface area contributed by atoms with E-state index in [1.165, 1.54) is 11.3 Å². The summed E-state index contributed by atoms with van der Waals surface area (Å²) >= 11 is 1.38. The fraction of sp³-hybridized carbons (Fsp3) is 0.438. The quantitative estimate of drug-likeness (QED) is 0.675. The topological polar surface area (TPSA) is 99.2 Å². The fourth-order valence-electron chi connectivity index (χ4n) is 2.67. The zero-order valence-electron chi connectivity index (χ0n) is 13.9. The molecule has 8 heteroatoms. The highest BCUT2D eigenvalue weighted by atomic mass is 32.1. The van der Waals surface area contributed by atoms with E-state index in [4.69, 9.17) is 0 Å². The van der Waals surface area contributed by atoms with Gasteiger partial charge in [0.25, 0.3) is 0 Å². The Morgan fingerprint density at radius 3 is 2.79 bits per heavy atom. The van der Waals surface area contributed by atoms with E-state index >= 15 is 0 Å². The van der Waals surface area contributed by atoms with E-state index in [0.717, 1.165) is 28.1 Å². The molecule has 0 saturated carbocycles. The molecule has 24 heavy (non-hydrogen) atoms. The van der Waals surface area contributed by atoms with Crippen LogP contribution in [0.25, 0.3) is 0 Å². The first-order valence-corrected chi connectivity index (χ1v) is 8.74. The van der Waals surface area contributed by atoms with Gasteiger partial charge in [0.05, 0.1) is 6.04 Å². The average Bonchev–Trinajstić information content (AvgIpc) is 3.20. The Balaban J connectivity index is 1.66. The summed E-state index contributed by atoms with van der Waals surface area (Å²) in [5, 5.41) is 22.3. The van der Waals surface area contributed by atoms with Gasteiger partial charge in [-0.1, -0.05) is 24.3 Å². The number of hydrazine groups is 1. The van der Waals surface area contributed by atoms with Gasteiger partial charge in [-0.2, -0.15) is 0 Å². The first-order valence-electron chi connectivity index (χ1n) is 7.92. The number of aryl methyl sites for hydroxylation is 3. The van der Waals surface area contributed by atoms with Crippen molar-refractivity contribution >= 4 is 22.4 Å². The predicted molar refractivity (Wildman–Crippen MR) is 92.9 cm³/mol. The maximum Gasteiger partial charge on any atom is 0.244 e. The van der Waals surface area contributed by atoms with Gasteiger partial charge in [0.2, 0.25) is 11.0 Å². The van der Waals surface area contributed by atoms with Crippen LogP contribution in [-0.4, -0.2) is 27.3 Å². The summed E-state index contributed by atoms with van der Waals surface area (Å²) in [6, 6.07) is 3.20. The zero-order chi connectivity index (χ0) is 17.3. The number of hydrogen-bond acceptors (Lipinski definition) is 7. The molecule has 1 fully saturated rings. The van der Waals surface area contributed by atoms with Crippen molar-refractivity contribution in [2.24, 2.45) is 0 Å². The lowest BCUT2D eigenvalue weighted by atomic mass is 9.97. The largest absolute Gasteiger partial charge is 0.508 e. The molecule has 1 saturated heterocycles. The van der Waals surface area contributed by atoms with Crippen molar-refractivity contribution in [2.75, 3.05) is 5.32 Å². The first kappa shape index (κ1) is 16.8. The normalized spacial score (nSPS) is 20.3. The van der Waals surface area contributed by atoms with Gasteiger partial charge in [0, 0.05) is 5.56 Å². The number of amides is 1. The highest BCUT2D eigenvalue weighted by molar-refractivity contribution is 7.15. The third-order valence-electron chi connectivity index (χ3n) is 4.24. The predicted octanol–water partition coefficient (Wildman–Crippen LogP) is 1.97. The van der Waals surface area contributed by atoms with Crippen LogP contribution in [0.15, 0.2) is 12.1 Å². The summed E-state index contributed by atoms with van der Waals surface area (Å²) in [6.07, 6.45) is 1.34. The molecule has 1 aliphatic heterocycles. The van der Waals surface area contributed by atoms with E-state index in [-0.39, 0.29) is 17.7 Å². The second kappa shape index (κ2) is 6.84. The Bertz CT molecular complexity index is 761. The molecule has 1 aliphatic rings. The van der Waals surface area contributed by atoms with E-state index in [1.807, 2.05) is 26.8 Å². The maximum absolute atomic E-state index is 12.4. The van der Waals surface area contributed by atoms with E-state index in [0.29, 0.717) is 11.6 Å². The van der Waals surface area contributed by atoms with Gasteiger partial charge in [-0.3, -0.25) is 10.1 Å². The molecule has 2 heterocycles. The van der Waals surface area contributed by atoms with Crippen LogP contribution in [-0.2, 0) is 11.2 Å². The van der Waals surface area contributed by atoms with Gasteiger partial charge >= 0.3 is 0 Å². The molecule has 1 aromatic heterocycles. The fourth-order valence-corrected chi connectivity index (χ4v) is 3.36. The molecule has 3 rings (SSSR count). The van der Waals surface area contributed by atoms with Crippen LogP contribution in [0.4, 0.5) is 5.13 Å². The van der Waals surface area contributed by atoms with Crippen molar-refractivity contribution in [1.29, 1.82) is 0 Å². The molecule has 1 aromatic carbocycles. The highest BCUT2D eigenvalue weighted by Gasteiger charge is 2.32. The number of hydrogen-bond donors (Lipinski definition) is 4. The minimum Gasteiger partial charge on any atom is -0.508 e. The van der Waals surface area contributed by atoms with Crippen LogP contribution in [0.3, 0.4) is 0 Å². The van der Waals surface area contributed by atoms with Crippen LogP contribution in [0, 0.1) is 13.8 Å². The molecule has 4 N–H and O–H groups in total. The third kappa shape index (κ3) is 3.40. The molecule has 0 aliphatic carbocycles. The Labute approximate surface area is 144 Å². The zero-order valence-corrected chi connectivity index (χ0v) is 14.7. The van der Waals surface area contributed by atoms with Crippen molar-refractivity contribution in [2.45, 2.75) is 45.7 Å². The lowest BCUT2D eigenvalue weighted by Crippen LogP contribution is -2.39. The van der Waals surface area contributed by atoms with Crippen LogP contribution in [0.1, 0.15) is 41.1 Å². The lowest BCUT2D eigenvalue weighted by Gasteiger charge is -2.14. The molecule has 2 aromatic rings. The summed E-state index contributed by atoms with van der Waals surface area (Å²) in [7, 11) is 0. The van der Waals surface area contributed by atoms with E-state index in [1.54, 1.807) is 6.07 Å². The Morgan fingerprint density at radius 1 is 1.33 bits per heavy atom. The SMILES string of the molecule is CCc1nnc(NC(=O)C2CC(c3cc(C)c(C)cc3O)NN2)s1. The number of anilines is 1. The summed E-state index contributed by atoms with van der Waals surface area (Å²) < 4.78 is 0. The van der Waals surface area contributed by atoms with Gasteiger partial charge in [-0.05, 0) is 43.9 Å². The van der Waals surface area contributed by atoms with Crippen LogP contribution in [0.2, 0.25) is 0 Å². The minimum atomic E-state index is -0.398. The molecule has 0 radical (unpaired) electrons. The minimum absolute atomic E-state index is 0.124. The second-order valence-electron chi connectivity index (χ2n) is 5.97. The average molecular weight is 347 g/mol. The van der Waals surface area contributed by atoms with E-state index < -0.39 is 6.04 Å². The Kier molecular flexibility index (Phi) is 4.79. The molecule has 0 spiro atoms. The molecule has 2 unspecified atom stereocenters. The first-order chi connectivity index (χ1) is 11.5. The third-order valence-corrected chi connectivity index (χ3v) is 5.22. The summed E-state index contributed by atoms with van der Waals surface area (Å²) in [5.74, 6) is 0.0855. The molecular weight excluding hydrogens is 326 g/mol. The van der Waals surface area contributed by atoms with E-state index in [9.17, 15) is 9.90 Å². The van der Waals surface area contributed by atoms with Gasteiger partial charge in [0.1, 0.15) is 16.8 Å². The lowest BCUT2D eigenvalue weighted by molar-refractivity contribution is -0.117. The smallest absolute Gasteiger partial charge is 0.244 e. The molecule has 7 nitrogen and oxygen atoms in total. The van der Waals surface area contributed by atoms with Crippen LogP contribution in [0.5, 0.6) is 5.75 Å². The monoisotopic (exact) mass is 347 g/mol. The Morgan fingerprint density at radius 2 is 2.08 bits per heavy atom. The molecular formula is C16H21N5O2S. The van der Waals surface area contributed by atoms with E-state index in [2.05, 4.69) is 26.4 Å². The number of nitrogens with zero attached hydrogens (tertiary/aromatic N) is 2. The molecule has 2 atom stereocenters. The van der Waals surface area contributed by atoms with Gasteiger partial charge in [0.15, 0.2) is 0 Å². The number of nitrogens with one attached hydrogen (secondary N) is 3. The number of carbonyl (C=O) groups excluding carboxylic acids is 1. The highest BCUT2D eigenvalue weighted by Crippen LogP contribution is 2.32. The number of carbonyl (C=O) groups is 1. The number of aromatic hydroxyl groups is 1. The summed E-state index contributed by atoms with van der Waals surface area (Å²) in [6.45, 7) is 5.96. The van der Waals surface area contributed by atoms with Crippen molar-refractivity contribution in [3.05, 3.63) is 33.8 Å². The van der Waals surface area contributed by atoms with Crippen molar-refractivity contribution in [3.8, 4) is 5.75 Å². The number of benzene rings is 1. The van der Waals surface area contributed by atoms with Crippen LogP contribution < -0.4 is 16.2 Å². The summed E-state index contributed by atoms with van der Waals surface area (Å²) in [4.78, 5) is 12.4. The van der Waals surface area contributed by atoms with Crippen molar-refractivity contribution in [3.63, 3.8) is 0 Å². The molecule has 0 bridgehead atoms. The number of phenols is 1. The van der Waals surface area contributed by atoms with Crippen molar-refractivity contribution < 1.29 is 9.90 Å². The van der Waals surface area contributed by atoms with Gasteiger partial charge in [-0.15, -0.1) is 10.2 Å². The van der Waals surface area contributed by atoms with Crippen LogP contribution >= 0.6 is 11.3 Å².